The number of nitrogens with two attached hydrogens (primary N) is 1. The van der Waals surface area contributed by atoms with Crippen LogP contribution in [0.15, 0.2) is 18.5 Å². The molecular weight excluding hydrogens is 228 g/mol. The molecule has 0 radical (unpaired) electrons. The molecule has 1 saturated heterocycles. The van der Waals surface area contributed by atoms with Crippen molar-refractivity contribution < 1.29 is 4.74 Å². The number of aromatic nitrogens is 1. The van der Waals surface area contributed by atoms with Gasteiger partial charge >= 0.3 is 0 Å². The van der Waals surface area contributed by atoms with Gasteiger partial charge in [0.05, 0.1) is 18.0 Å². The SMILES string of the molecule is CN(CC1CCCCO1)c1cnccc1C(=N)N. The summed E-state index contributed by atoms with van der Waals surface area (Å²) in [5.41, 5.74) is 7.20. The summed E-state index contributed by atoms with van der Waals surface area (Å²) in [4.78, 5) is 6.18. The molecule has 1 unspecified atom stereocenters. The third-order valence-electron chi connectivity index (χ3n) is 3.25. The number of hydrogen-bond acceptors (Lipinski definition) is 4. The molecule has 1 aromatic heterocycles. The highest BCUT2D eigenvalue weighted by Crippen LogP contribution is 2.20. The first-order valence-corrected chi connectivity index (χ1v) is 6.29. The molecular formula is C13H20N4O. The first kappa shape index (κ1) is 12.8. The molecule has 0 spiro atoms. The number of rotatable bonds is 4. The quantitative estimate of drug-likeness (QED) is 0.623. The van der Waals surface area contributed by atoms with Gasteiger partial charge in [0.15, 0.2) is 0 Å². The van der Waals surface area contributed by atoms with Gasteiger partial charge in [-0.05, 0) is 25.3 Å². The number of hydrogen-bond donors (Lipinski definition) is 2. The molecule has 5 heteroatoms. The van der Waals surface area contributed by atoms with Crippen LogP contribution in [-0.2, 0) is 4.74 Å². The molecule has 3 N–H and O–H groups in total. The van der Waals surface area contributed by atoms with Crippen LogP contribution < -0.4 is 10.6 Å². The highest BCUT2D eigenvalue weighted by Gasteiger charge is 2.18. The maximum atomic E-state index is 7.58. The van der Waals surface area contributed by atoms with E-state index in [2.05, 4.69) is 9.88 Å². The van der Waals surface area contributed by atoms with E-state index in [0.29, 0.717) is 0 Å². The number of nitrogens with zero attached hydrogens (tertiary/aromatic N) is 2. The third kappa shape index (κ3) is 2.98. The van der Waals surface area contributed by atoms with Crippen LogP contribution in [0.3, 0.4) is 0 Å². The van der Waals surface area contributed by atoms with Crippen molar-refractivity contribution in [2.45, 2.75) is 25.4 Å². The lowest BCUT2D eigenvalue weighted by atomic mass is 10.1. The van der Waals surface area contributed by atoms with Crippen molar-refractivity contribution in [1.29, 1.82) is 5.41 Å². The van der Waals surface area contributed by atoms with Crippen LogP contribution in [-0.4, -0.2) is 37.1 Å². The molecule has 0 aromatic carbocycles. The topological polar surface area (TPSA) is 75.2 Å². The fourth-order valence-electron chi connectivity index (χ4n) is 2.27. The Labute approximate surface area is 107 Å². The second kappa shape index (κ2) is 5.82. The van der Waals surface area contributed by atoms with Gasteiger partial charge < -0.3 is 15.4 Å². The van der Waals surface area contributed by atoms with E-state index < -0.39 is 0 Å². The Bertz CT molecular complexity index is 415. The van der Waals surface area contributed by atoms with Crippen molar-refractivity contribution in [2.24, 2.45) is 5.73 Å². The van der Waals surface area contributed by atoms with Crippen LogP contribution >= 0.6 is 0 Å². The minimum atomic E-state index is 0.0730. The fraction of sp³-hybridized carbons (Fsp3) is 0.538. The number of likely N-dealkylation sites (N-methyl/N-ethyl adjacent to an activating group) is 1. The van der Waals surface area contributed by atoms with Gasteiger partial charge in [-0.3, -0.25) is 10.4 Å². The molecule has 5 nitrogen and oxygen atoms in total. The molecule has 98 valence electrons. The number of nitrogen functional groups attached to an aromatic ring is 1. The van der Waals surface area contributed by atoms with Crippen LogP contribution in [0.5, 0.6) is 0 Å². The van der Waals surface area contributed by atoms with Crippen molar-refractivity contribution in [3.05, 3.63) is 24.0 Å². The Kier molecular flexibility index (Phi) is 4.15. The maximum Gasteiger partial charge on any atom is 0.125 e. The van der Waals surface area contributed by atoms with Crippen LogP contribution in [0.1, 0.15) is 24.8 Å². The molecule has 2 heterocycles. The van der Waals surface area contributed by atoms with Crippen molar-refractivity contribution >= 4 is 11.5 Å². The van der Waals surface area contributed by atoms with Gasteiger partial charge in [0.25, 0.3) is 0 Å². The van der Waals surface area contributed by atoms with E-state index in [9.17, 15) is 0 Å². The molecule has 1 fully saturated rings. The number of anilines is 1. The molecule has 1 aliphatic rings. The Morgan fingerprint density at radius 2 is 2.44 bits per heavy atom. The second-order valence-electron chi connectivity index (χ2n) is 4.68. The third-order valence-corrected chi connectivity index (χ3v) is 3.25. The summed E-state index contributed by atoms with van der Waals surface area (Å²) >= 11 is 0. The van der Waals surface area contributed by atoms with Crippen LogP contribution in [0.4, 0.5) is 5.69 Å². The Hall–Kier alpha value is -1.62. The highest BCUT2D eigenvalue weighted by molar-refractivity contribution is 6.00. The van der Waals surface area contributed by atoms with E-state index in [4.69, 9.17) is 15.9 Å². The number of nitrogens with one attached hydrogen (secondary N) is 1. The molecule has 1 aromatic rings. The summed E-state index contributed by atoms with van der Waals surface area (Å²) < 4.78 is 5.72. The van der Waals surface area contributed by atoms with E-state index in [0.717, 1.165) is 37.2 Å². The van der Waals surface area contributed by atoms with Crippen molar-refractivity contribution in [3.63, 3.8) is 0 Å². The predicted molar refractivity (Wildman–Crippen MR) is 72.1 cm³/mol. The number of ether oxygens (including phenoxy) is 1. The van der Waals surface area contributed by atoms with E-state index in [-0.39, 0.29) is 11.9 Å². The van der Waals surface area contributed by atoms with Crippen LogP contribution in [0.2, 0.25) is 0 Å². The zero-order valence-corrected chi connectivity index (χ0v) is 10.7. The summed E-state index contributed by atoms with van der Waals surface area (Å²) in [7, 11) is 1.99. The summed E-state index contributed by atoms with van der Waals surface area (Å²) in [6, 6.07) is 1.77. The summed E-state index contributed by atoms with van der Waals surface area (Å²) in [6.45, 7) is 1.66. The Morgan fingerprint density at radius 3 is 3.11 bits per heavy atom. The van der Waals surface area contributed by atoms with Gasteiger partial charge in [0.1, 0.15) is 5.84 Å². The van der Waals surface area contributed by atoms with Crippen molar-refractivity contribution in [2.75, 3.05) is 25.1 Å². The lowest BCUT2D eigenvalue weighted by molar-refractivity contribution is 0.0216. The second-order valence-corrected chi connectivity index (χ2v) is 4.68. The Balaban J connectivity index is 2.08. The fourth-order valence-corrected chi connectivity index (χ4v) is 2.27. The minimum Gasteiger partial charge on any atom is -0.384 e. The molecule has 1 aliphatic heterocycles. The molecule has 0 bridgehead atoms. The Morgan fingerprint density at radius 1 is 1.61 bits per heavy atom. The predicted octanol–water partition coefficient (Wildman–Crippen LogP) is 1.37. The average molecular weight is 248 g/mol. The van der Waals surface area contributed by atoms with Gasteiger partial charge in [-0.25, -0.2) is 0 Å². The highest BCUT2D eigenvalue weighted by atomic mass is 16.5. The van der Waals surface area contributed by atoms with E-state index in [1.807, 2.05) is 7.05 Å². The zero-order valence-electron chi connectivity index (χ0n) is 10.7. The molecule has 18 heavy (non-hydrogen) atoms. The van der Waals surface area contributed by atoms with Gasteiger partial charge in [-0.2, -0.15) is 0 Å². The lowest BCUT2D eigenvalue weighted by Gasteiger charge is -2.29. The smallest absolute Gasteiger partial charge is 0.125 e. The van der Waals surface area contributed by atoms with Crippen LogP contribution in [0, 0.1) is 5.41 Å². The normalized spacial score (nSPS) is 19.5. The van der Waals surface area contributed by atoms with E-state index >= 15 is 0 Å². The lowest BCUT2D eigenvalue weighted by Crippen LogP contribution is -2.34. The van der Waals surface area contributed by atoms with Crippen LogP contribution in [0.25, 0.3) is 0 Å². The summed E-state index contributed by atoms with van der Waals surface area (Å²) in [5, 5.41) is 7.58. The van der Waals surface area contributed by atoms with Gasteiger partial charge in [0, 0.05) is 32.0 Å². The molecule has 1 atom stereocenters. The number of pyridine rings is 1. The molecule has 2 rings (SSSR count). The average Bonchev–Trinajstić information content (AvgIpc) is 2.40. The monoisotopic (exact) mass is 248 g/mol. The molecule has 0 amide bonds. The van der Waals surface area contributed by atoms with Crippen molar-refractivity contribution in [3.8, 4) is 0 Å². The molecule has 0 aliphatic carbocycles. The van der Waals surface area contributed by atoms with Crippen molar-refractivity contribution in [1.82, 2.24) is 4.98 Å². The maximum absolute atomic E-state index is 7.58. The van der Waals surface area contributed by atoms with Gasteiger partial charge in [0.2, 0.25) is 0 Å². The zero-order chi connectivity index (χ0) is 13.0. The number of amidine groups is 1. The van der Waals surface area contributed by atoms with Gasteiger partial charge in [-0.1, -0.05) is 0 Å². The first-order valence-electron chi connectivity index (χ1n) is 6.29. The summed E-state index contributed by atoms with van der Waals surface area (Å²) in [5.74, 6) is 0.0730. The summed E-state index contributed by atoms with van der Waals surface area (Å²) in [6.07, 6.45) is 7.16. The van der Waals surface area contributed by atoms with Gasteiger partial charge in [-0.15, -0.1) is 0 Å². The first-order chi connectivity index (χ1) is 8.68. The molecule has 0 saturated carbocycles. The minimum absolute atomic E-state index is 0.0730. The standard InChI is InChI=1S/C13H20N4O/c1-17(9-10-4-2-3-7-18-10)12-8-16-6-5-11(12)13(14)15/h5-6,8,10H,2-4,7,9H2,1H3,(H3,14,15). The van der Waals surface area contributed by atoms with E-state index in [1.165, 1.54) is 6.42 Å². The largest absolute Gasteiger partial charge is 0.384 e. The van der Waals surface area contributed by atoms with E-state index in [1.54, 1.807) is 18.5 Å².